The molecule has 0 spiro atoms. The summed E-state index contributed by atoms with van der Waals surface area (Å²) in [7, 11) is 0. The second-order valence-electron chi connectivity index (χ2n) is 4.15. The standard InChI is InChI=1S/C9H16INO2/c1-5(2)7-9(10,13)8(4,12)6(3)11-7/h5,7,12-13H,1-4H3. The number of halogens is 1. The first-order chi connectivity index (χ1) is 5.71. The fourth-order valence-electron chi connectivity index (χ4n) is 1.55. The lowest BCUT2D eigenvalue weighted by Crippen LogP contribution is -2.54. The third kappa shape index (κ3) is 1.53. The van der Waals surface area contributed by atoms with E-state index in [0.29, 0.717) is 5.71 Å². The molecule has 4 heteroatoms. The second kappa shape index (κ2) is 3.17. The van der Waals surface area contributed by atoms with Gasteiger partial charge in [-0.1, -0.05) is 13.8 Å². The number of hydrogen-bond donors (Lipinski definition) is 2. The first-order valence-corrected chi connectivity index (χ1v) is 5.47. The van der Waals surface area contributed by atoms with Crippen LogP contribution in [-0.2, 0) is 0 Å². The minimum absolute atomic E-state index is 0.219. The molecule has 3 unspecified atom stereocenters. The highest BCUT2D eigenvalue weighted by molar-refractivity contribution is 14.1. The molecule has 0 aromatic heterocycles. The largest absolute Gasteiger partial charge is 0.380 e. The van der Waals surface area contributed by atoms with Crippen LogP contribution in [0.1, 0.15) is 27.7 Å². The number of alkyl halides is 1. The smallest absolute Gasteiger partial charge is 0.171 e. The van der Waals surface area contributed by atoms with Crippen LogP contribution in [0, 0.1) is 5.92 Å². The Hall–Kier alpha value is 0.320. The average Bonchev–Trinajstić information content (AvgIpc) is 2.10. The molecule has 0 radical (unpaired) electrons. The van der Waals surface area contributed by atoms with Gasteiger partial charge in [0.25, 0.3) is 0 Å². The van der Waals surface area contributed by atoms with Crippen LogP contribution >= 0.6 is 22.6 Å². The monoisotopic (exact) mass is 297 g/mol. The van der Waals surface area contributed by atoms with Crippen LogP contribution in [0.5, 0.6) is 0 Å². The topological polar surface area (TPSA) is 52.8 Å². The Kier molecular flexibility index (Phi) is 2.78. The summed E-state index contributed by atoms with van der Waals surface area (Å²) in [5.74, 6) is 0.228. The summed E-state index contributed by atoms with van der Waals surface area (Å²) < 4.78 is -1.18. The molecule has 0 aromatic carbocycles. The number of aliphatic hydroxyl groups is 2. The normalized spacial score (nSPS) is 45.5. The van der Waals surface area contributed by atoms with Crippen LogP contribution in [-0.4, -0.2) is 31.2 Å². The highest BCUT2D eigenvalue weighted by atomic mass is 127. The predicted molar refractivity (Wildman–Crippen MR) is 61.3 cm³/mol. The van der Waals surface area contributed by atoms with E-state index in [2.05, 4.69) is 4.99 Å². The molecule has 13 heavy (non-hydrogen) atoms. The zero-order valence-corrected chi connectivity index (χ0v) is 10.5. The summed E-state index contributed by atoms with van der Waals surface area (Å²) in [5, 5.41) is 20.2. The van der Waals surface area contributed by atoms with Gasteiger partial charge in [-0.2, -0.15) is 0 Å². The molecular formula is C9H16INO2. The maximum absolute atomic E-state index is 10.1. The summed E-state index contributed by atoms with van der Waals surface area (Å²) in [6, 6.07) is -0.219. The first-order valence-electron chi connectivity index (χ1n) is 4.39. The fourth-order valence-corrected chi connectivity index (χ4v) is 2.80. The van der Waals surface area contributed by atoms with Crippen molar-refractivity contribution >= 4 is 28.3 Å². The van der Waals surface area contributed by atoms with Crippen molar-refractivity contribution in [3.8, 4) is 0 Å². The van der Waals surface area contributed by atoms with Crippen molar-refractivity contribution in [2.24, 2.45) is 10.9 Å². The first kappa shape index (κ1) is 11.4. The zero-order chi connectivity index (χ0) is 10.4. The van der Waals surface area contributed by atoms with Gasteiger partial charge in [0.2, 0.25) is 0 Å². The molecule has 1 rings (SSSR count). The molecule has 1 heterocycles. The Morgan fingerprint density at radius 2 is 1.92 bits per heavy atom. The third-order valence-electron chi connectivity index (χ3n) is 2.74. The number of rotatable bonds is 1. The summed E-state index contributed by atoms with van der Waals surface area (Å²) >= 11 is 1.89. The Labute approximate surface area is 92.4 Å². The van der Waals surface area contributed by atoms with Crippen molar-refractivity contribution in [3.63, 3.8) is 0 Å². The highest BCUT2D eigenvalue weighted by Gasteiger charge is 2.56. The lowest BCUT2D eigenvalue weighted by molar-refractivity contribution is -0.0320. The third-order valence-corrected chi connectivity index (χ3v) is 4.43. The number of nitrogens with zero attached hydrogens (tertiary/aromatic N) is 1. The van der Waals surface area contributed by atoms with Crippen LogP contribution < -0.4 is 0 Å². The van der Waals surface area contributed by atoms with Gasteiger partial charge in [0.15, 0.2) is 3.61 Å². The molecule has 1 aliphatic heterocycles. The molecule has 0 aliphatic carbocycles. The molecule has 2 N–H and O–H groups in total. The molecule has 0 aromatic rings. The van der Waals surface area contributed by atoms with Crippen molar-refractivity contribution < 1.29 is 10.2 Å². The Bertz CT molecular complexity index is 246. The summed E-state index contributed by atoms with van der Waals surface area (Å²) in [6.07, 6.45) is 0. The van der Waals surface area contributed by atoms with Crippen LogP contribution in [0.4, 0.5) is 0 Å². The van der Waals surface area contributed by atoms with E-state index >= 15 is 0 Å². The molecule has 0 bridgehead atoms. The minimum atomic E-state index is -1.21. The number of hydrogen-bond acceptors (Lipinski definition) is 3. The van der Waals surface area contributed by atoms with E-state index in [-0.39, 0.29) is 12.0 Å². The summed E-state index contributed by atoms with van der Waals surface area (Å²) in [4.78, 5) is 4.30. The molecule has 3 atom stereocenters. The van der Waals surface area contributed by atoms with E-state index < -0.39 is 9.21 Å². The van der Waals surface area contributed by atoms with Gasteiger partial charge in [-0.3, -0.25) is 4.99 Å². The SMILES string of the molecule is CC1=NC(C(C)C)C(O)(I)C1(C)O. The highest BCUT2D eigenvalue weighted by Crippen LogP contribution is 2.43. The van der Waals surface area contributed by atoms with Crippen molar-refractivity contribution in [1.82, 2.24) is 0 Å². The van der Waals surface area contributed by atoms with Gasteiger partial charge in [0.05, 0.1) is 6.04 Å². The predicted octanol–water partition coefficient (Wildman–Crippen LogP) is 1.36. The fraction of sp³-hybridized carbons (Fsp3) is 0.889. The maximum atomic E-state index is 10.1. The minimum Gasteiger partial charge on any atom is -0.380 e. The van der Waals surface area contributed by atoms with Gasteiger partial charge < -0.3 is 10.2 Å². The Morgan fingerprint density at radius 3 is 2.08 bits per heavy atom. The lowest BCUT2D eigenvalue weighted by Gasteiger charge is -2.35. The van der Waals surface area contributed by atoms with Crippen LogP contribution in [0.15, 0.2) is 4.99 Å². The van der Waals surface area contributed by atoms with Gasteiger partial charge in [0.1, 0.15) is 5.60 Å². The van der Waals surface area contributed by atoms with Gasteiger partial charge in [-0.25, -0.2) is 0 Å². The maximum Gasteiger partial charge on any atom is 0.171 e. The van der Waals surface area contributed by atoms with Gasteiger partial charge in [-0.05, 0) is 42.4 Å². The average molecular weight is 297 g/mol. The quantitative estimate of drug-likeness (QED) is 0.567. The van der Waals surface area contributed by atoms with Crippen molar-refractivity contribution in [2.45, 2.75) is 42.9 Å². The van der Waals surface area contributed by atoms with E-state index in [1.807, 2.05) is 36.4 Å². The van der Waals surface area contributed by atoms with Gasteiger partial charge in [0, 0.05) is 5.71 Å². The molecule has 0 saturated carbocycles. The molecular weight excluding hydrogens is 281 g/mol. The van der Waals surface area contributed by atoms with E-state index in [1.54, 1.807) is 13.8 Å². The van der Waals surface area contributed by atoms with E-state index in [0.717, 1.165) is 0 Å². The van der Waals surface area contributed by atoms with Crippen molar-refractivity contribution in [1.29, 1.82) is 0 Å². The van der Waals surface area contributed by atoms with E-state index in [9.17, 15) is 10.2 Å². The molecule has 0 saturated heterocycles. The van der Waals surface area contributed by atoms with Gasteiger partial charge >= 0.3 is 0 Å². The zero-order valence-electron chi connectivity index (χ0n) is 8.37. The van der Waals surface area contributed by atoms with Gasteiger partial charge in [-0.15, -0.1) is 0 Å². The molecule has 0 fully saturated rings. The van der Waals surface area contributed by atoms with Crippen LogP contribution in [0.2, 0.25) is 0 Å². The lowest BCUT2D eigenvalue weighted by atomic mass is 9.89. The molecule has 0 amide bonds. The van der Waals surface area contributed by atoms with Crippen molar-refractivity contribution in [2.75, 3.05) is 0 Å². The Morgan fingerprint density at radius 1 is 1.46 bits per heavy atom. The second-order valence-corrected chi connectivity index (χ2v) is 5.79. The summed E-state index contributed by atoms with van der Waals surface area (Å²) in [5.41, 5.74) is -0.592. The Balaban J connectivity index is 3.08. The van der Waals surface area contributed by atoms with Crippen molar-refractivity contribution in [3.05, 3.63) is 0 Å². The van der Waals surface area contributed by atoms with Crippen LogP contribution in [0.3, 0.4) is 0 Å². The summed E-state index contributed by atoms with van der Waals surface area (Å²) in [6.45, 7) is 7.35. The molecule has 1 aliphatic rings. The molecule has 76 valence electrons. The van der Waals surface area contributed by atoms with Crippen LogP contribution in [0.25, 0.3) is 0 Å². The van der Waals surface area contributed by atoms with E-state index in [4.69, 9.17) is 0 Å². The van der Waals surface area contributed by atoms with E-state index in [1.165, 1.54) is 0 Å². The number of aliphatic imine (C=N–C) groups is 1. The molecule has 3 nitrogen and oxygen atoms in total.